The molecule has 0 N–H and O–H groups in total. The lowest BCUT2D eigenvalue weighted by Gasteiger charge is -2.13. The van der Waals surface area contributed by atoms with E-state index in [4.69, 9.17) is 25.8 Å². The molecule has 2 aromatic rings. The van der Waals surface area contributed by atoms with Crippen molar-refractivity contribution in [3.63, 3.8) is 0 Å². The quantitative estimate of drug-likeness (QED) is 0.637. The van der Waals surface area contributed by atoms with Gasteiger partial charge in [-0.15, -0.1) is 0 Å². The van der Waals surface area contributed by atoms with Gasteiger partial charge in [-0.3, -0.25) is 14.5 Å². The molecule has 3 rings (SSSR count). The number of hydrogen-bond acceptors (Lipinski definition) is 6. The predicted octanol–water partition coefficient (Wildman–Crippen LogP) is 4.60. The van der Waals surface area contributed by atoms with E-state index in [1.54, 1.807) is 36.4 Å². The van der Waals surface area contributed by atoms with Crippen molar-refractivity contribution in [1.82, 2.24) is 4.90 Å². The van der Waals surface area contributed by atoms with Gasteiger partial charge in [-0.25, -0.2) is 0 Å². The number of rotatable bonds is 6. The van der Waals surface area contributed by atoms with Crippen molar-refractivity contribution >= 4 is 40.6 Å². The maximum absolute atomic E-state index is 12.8. The minimum Gasteiger partial charge on any atom is -0.496 e. The van der Waals surface area contributed by atoms with Gasteiger partial charge >= 0.3 is 0 Å². The molecule has 8 heteroatoms. The molecule has 0 aromatic heterocycles. The van der Waals surface area contributed by atoms with E-state index in [1.807, 2.05) is 6.07 Å². The Hall–Kier alpha value is -2.64. The van der Waals surface area contributed by atoms with Gasteiger partial charge in [-0.05, 0) is 41.6 Å². The summed E-state index contributed by atoms with van der Waals surface area (Å²) < 4.78 is 16.0. The number of ether oxygens (including phenoxy) is 3. The Labute approximate surface area is 172 Å². The molecular weight excluding hydrogens is 402 g/mol. The molecule has 0 aliphatic carbocycles. The van der Waals surface area contributed by atoms with Crippen LogP contribution in [-0.4, -0.2) is 37.4 Å². The second kappa shape index (κ2) is 8.58. The summed E-state index contributed by atoms with van der Waals surface area (Å²) in [5.74, 6) is 1.13. The molecule has 0 saturated carbocycles. The van der Waals surface area contributed by atoms with Crippen LogP contribution >= 0.6 is 23.4 Å². The molecule has 2 amide bonds. The Morgan fingerprint density at radius 3 is 2.32 bits per heavy atom. The molecule has 1 aliphatic rings. The zero-order chi connectivity index (χ0) is 20.3. The van der Waals surface area contributed by atoms with Crippen LogP contribution in [0.2, 0.25) is 5.02 Å². The van der Waals surface area contributed by atoms with E-state index < -0.39 is 0 Å². The van der Waals surface area contributed by atoms with Crippen LogP contribution in [0.5, 0.6) is 17.2 Å². The highest BCUT2D eigenvalue weighted by molar-refractivity contribution is 8.18. The lowest BCUT2D eigenvalue weighted by atomic mass is 10.1. The summed E-state index contributed by atoms with van der Waals surface area (Å²) in [5.41, 5.74) is 1.38. The van der Waals surface area contributed by atoms with Crippen molar-refractivity contribution in [3.05, 3.63) is 57.5 Å². The third-order valence-electron chi connectivity index (χ3n) is 4.13. The summed E-state index contributed by atoms with van der Waals surface area (Å²) in [5, 5.41) is 0.214. The Bertz CT molecular complexity index is 960. The SMILES string of the molecule is COc1cc(OC)c(OC)cc1/C=C1\SC(=O)N(Cc2cccc(Cl)c2)C1=O. The second-order valence-electron chi connectivity index (χ2n) is 5.85. The van der Waals surface area contributed by atoms with E-state index in [2.05, 4.69) is 0 Å². The second-order valence-corrected chi connectivity index (χ2v) is 7.28. The molecule has 0 atom stereocenters. The van der Waals surface area contributed by atoms with Crippen molar-refractivity contribution in [2.24, 2.45) is 0 Å². The highest BCUT2D eigenvalue weighted by Crippen LogP contribution is 2.39. The fourth-order valence-corrected chi connectivity index (χ4v) is 3.80. The van der Waals surface area contributed by atoms with E-state index in [-0.39, 0.29) is 17.7 Å². The average Bonchev–Trinajstić information content (AvgIpc) is 2.95. The average molecular weight is 420 g/mol. The summed E-state index contributed by atoms with van der Waals surface area (Å²) in [7, 11) is 4.56. The van der Waals surface area contributed by atoms with Crippen LogP contribution < -0.4 is 14.2 Å². The van der Waals surface area contributed by atoms with Gasteiger partial charge in [-0.2, -0.15) is 0 Å². The Balaban J connectivity index is 1.91. The maximum Gasteiger partial charge on any atom is 0.293 e. The van der Waals surface area contributed by atoms with Crippen LogP contribution in [-0.2, 0) is 11.3 Å². The van der Waals surface area contributed by atoms with Gasteiger partial charge in [0.2, 0.25) is 0 Å². The number of thioether (sulfide) groups is 1. The van der Waals surface area contributed by atoms with Crippen LogP contribution in [0.25, 0.3) is 6.08 Å². The largest absolute Gasteiger partial charge is 0.496 e. The van der Waals surface area contributed by atoms with Crippen LogP contribution in [0.15, 0.2) is 41.3 Å². The van der Waals surface area contributed by atoms with Gasteiger partial charge in [0.1, 0.15) is 5.75 Å². The van der Waals surface area contributed by atoms with E-state index >= 15 is 0 Å². The van der Waals surface area contributed by atoms with Gasteiger partial charge in [-0.1, -0.05) is 23.7 Å². The van der Waals surface area contributed by atoms with E-state index in [9.17, 15) is 9.59 Å². The van der Waals surface area contributed by atoms with Crippen molar-refractivity contribution in [1.29, 1.82) is 0 Å². The van der Waals surface area contributed by atoms with Crippen molar-refractivity contribution in [2.75, 3.05) is 21.3 Å². The van der Waals surface area contributed by atoms with E-state index in [1.165, 1.54) is 26.2 Å². The Morgan fingerprint density at radius 2 is 1.68 bits per heavy atom. The monoisotopic (exact) mass is 419 g/mol. The molecule has 146 valence electrons. The molecule has 2 aromatic carbocycles. The first-order valence-corrected chi connectivity index (χ1v) is 9.46. The number of carbonyl (C=O) groups excluding carboxylic acids is 2. The van der Waals surface area contributed by atoms with Crippen LogP contribution in [0.1, 0.15) is 11.1 Å². The zero-order valence-corrected chi connectivity index (χ0v) is 17.1. The molecule has 0 unspecified atom stereocenters. The molecule has 6 nitrogen and oxygen atoms in total. The summed E-state index contributed by atoms with van der Waals surface area (Å²) >= 11 is 6.87. The van der Waals surface area contributed by atoms with Crippen molar-refractivity contribution in [2.45, 2.75) is 6.54 Å². The maximum atomic E-state index is 12.8. The van der Waals surface area contributed by atoms with Crippen LogP contribution in [0.3, 0.4) is 0 Å². The van der Waals surface area contributed by atoms with E-state index in [0.29, 0.717) is 32.7 Å². The molecule has 0 spiro atoms. The fourth-order valence-electron chi connectivity index (χ4n) is 2.76. The first-order valence-electron chi connectivity index (χ1n) is 8.26. The number of halogens is 1. The summed E-state index contributed by atoms with van der Waals surface area (Å²) in [6.07, 6.45) is 1.61. The smallest absolute Gasteiger partial charge is 0.293 e. The summed E-state index contributed by atoms with van der Waals surface area (Å²) in [4.78, 5) is 26.6. The molecule has 0 bridgehead atoms. The lowest BCUT2D eigenvalue weighted by molar-refractivity contribution is -0.123. The van der Waals surface area contributed by atoms with Gasteiger partial charge in [0.25, 0.3) is 11.1 Å². The fraction of sp³-hybridized carbons (Fsp3) is 0.200. The minimum atomic E-state index is -0.369. The summed E-state index contributed by atoms with van der Waals surface area (Å²) in [6, 6.07) is 10.4. The molecule has 1 aliphatic heterocycles. The molecule has 1 fully saturated rings. The van der Waals surface area contributed by atoms with Crippen LogP contribution in [0.4, 0.5) is 4.79 Å². The van der Waals surface area contributed by atoms with Crippen molar-refractivity contribution < 1.29 is 23.8 Å². The Kier molecular flexibility index (Phi) is 6.16. The number of amides is 2. The summed E-state index contributed by atoms with van der Waals surface area (Å²) in [6.45, 7) is 0.158. The Morgan fingerprint density at radius 1 is 1.00 bits per heavy atom. The predicted molar refractivity (Wildman–Crippen MR) is 109 cm³/mol. The highest BCUT2D eigenvalue weighted by Gasteiger charge is 2.35. The third-order valence-corrected chi connectivity index (χ3v) is 5.27. The number of benzene rings is 2. The highest BCUT2D eigenvalue weighted by atomic mass is 35.5. The number of methoxy groups -OCH3 is 3. The first kappa shape index (κ1) is 20.1. The molecule has 1 heterocycles. The van der Waals surface area contributed by atoms with Crippen LogP contribution in [0, 0.1) is 0 Å². The van der Waals surface area contributed by atoms with Gasteiger partial charge in [0, 0.05) is 16.7 Å². The van der Waals surface area contributed by atoms with E-state index in [0.717, 1.165) is 17.3 Å². The molecular formula is C20H18ClNO5S. The number of hydrogen-bond donors (Lipinski definition) is 0. The zero-order valence-electron chi connectivity index (χ0n) is 15.5. The topological polar surface area (TPSA) is 65.1 Å². The number of imide groups is 1. The normalized spacial score (nSPS) is 15.3. The molecule has 1 saturated heterocycles. The van der Waals surface area contributed by atoms with Gasteiger partial charge < -0.3 is 14.2 Å². The number of carbonyl (C=O) groups is 2. The molecule has 28 heavy (non-hydrogen) atoms. The van der Waals surface area contributed by atoms with Gasteiger partial charge in [0.05, 0.1) is 32.8 Å². The number of nitrogens with zero attached hydrogens (tertiary/aromatic N) is 1. The third kappa shape index (κ3) is 4.10. The lowest BCUT2D eigenvalue weighted by Crippen LogP contribution is -2.27. The standard InChI is InChI=1S/C20H18ClNO5S/c1-25-15-10-17(27-3)16(26-2)8-13(15)9-18-19(23)22(20(24)28-18)11-12-5-4-6-14(21)7-12/h4-10H,11H2,1-3H3/b18-9-. The molecule has 0 radical (unpaired) electrons. The first-order chi connectivity index (χ1) is 13.5. The van der Waals surface area contributed by atoms with Gasteiger partial charge in [0.15, 0.2) is 11.5 Å². The minimum absolute atomic E-state index is 0.158. The van der Waals surface area contributed by atoms with Crippen molar-refractivity contribution in [3.8, 4) is 17.2 Å².